The van der Waals surface area contributed by atoms with E-state index in [4.69, 9.17) is 0 Å². The zero-order valence-corrected chi connectivity index (χ0v) is 13.3. The summed E-state index contributed by atoms with van der Waals surface area (Å²) in [6.45, 7) is 4.49. The largest absolute Gasteiger partial charge is 0.337 e. The van der Waals surface area contributed by atoms with Crippen molar-refractivity contribution in [1.29, 1.82) is 5.26 Å². The van der Waals surface area contributed by atoms with Crippen LogP contribution in [0.25, 0.3) is 0 Å². The quantitative estimate of drug-likeness (QED) is 0.575. The predicted molar refractivity (Wildman–Crippen MR) is 83.3 cm³/mol. The van der Waals surface area contributed by atoms with Gasteiger partial charge in [-0.05, 0) is 18.8 Å². The molecule has 0 aliphatic heterocycles. The second-order valence-electron chi connectivity index (χ2n) is 5.80. The van der Waals surface area contributed by atoms with Crippen molar-refractivity contribution >= 4 is 0 Å². The first-order valence-electron chi connectivity index (χ1n) is 8.07. The van der Waals surface area contributed by atoms with E-state index in [0.29, 0.717) is 18.3 Å². The molecule has 0 aliphatic rings. The molecule has 0 saturated carbocycles. The van der Waals surface area contributed by atoms with Crippen LogP contribution in [0, 0.1) is 17.2 Å². The van der Waals surface area contributed by atoms with Crippen molar-refractivity contribution in [3.05, 3.63) is 18.2 Å². The van der Waals surface area contributed by atoms with E-state index in [9.17, 15) is 5.26 Å². The summed E-state index contributed by atoms with van der Waals surface area (Å²) >= 11 is 0. The number of aryl methyl sites for hydroxylation is 1. The van der Waals surface area contributed by atoms with Gasteiger partial charge in [0, 0.05) is 31.3 Å². The second kappa shape index (κ2) is 9.58. The Morgan fingerprint density at radius 2 is 1.90 bits per heavy atom. The maximum atomic E-state index is 9.19. The highest BCUT2D eigenvalue weighted by Crippen LogP contribution is 2.34. The van der Waals surface area contributed by atoms with Crippen LogP contribution < -0.4 is 0 Å². The average Bonchev–Trinajstić information content (AvgIpc) is 2.86. The molecule has 0 aliphatic carbocycles. The monoisotopic (exact) mass is 275 g/mol. The number of nitriles is 1. The molecule has 1 aromatic heterocycles. The first kappa shape index (κ1) is 16.8. The molecule has 3 nitrogen and oxygen atoms in total. The number of unbranched alkanes of at least 4 members (excludes halogenated alkanes) is 3. The molecule has 112 valence electrons. The number of nitrogens with zero attached hydrogens (tertiary/aromatic N) is 3. The molecule has 0 N–H and O–H groups in total. The summed E-state index contributed by atoms with van der Waals surface area (Å²) in [5.74, 6) is 0.965. The maximum Gasteiger partial charge on any atom is 0.0945 e. The van der Waals surface area contributed by atoms with Crippen LogP contribution in [-0.4, -0.2) is 9.55 Å². The standard InChI is InChI=1S/C17H29N3/c1-4-6-8-10-15(9-7-5-2)16(11-12-18)17-13-19-14-20(17)3/h13-16H,4-11H2,1-3H3. The molecule has 0 spiro atoms. The summed E-state index contributed by atoms with van der Waals surface area (Å²) in [7, 11) is 2.04. The lowest BCUT2D eigenvalue weighted by Crippen LogP contribution is -2.16. The minimum absolute atomic E-state index is 0.343. The van der Waals surface area contributed by atoms with Gasteiger partial charge in [0.05, 0.1) is 12.4 Å². The minimum atomic E-state index is 0.343. The van der Waals surface area contributed by atoms with Crippen molar-refractivity contribution in [2.45, 2.75) is 71.1 Å². The molecule has 0 fully saturated rings. The van der Waals surface area contributed by atoms with Crippen molar-refractivity contribution < 1.29 is 0 Å². The summed E-state index contributed by atoms with van der Waals surface area (Å²) in [6, 6.07) is 2.39. The van der Waals surface area contributed by atoms with Crippen LogP contribution in [0.5, 0.6) is 0 Å². The fourth-order valence-electron chi connectivity index (χ4n) is 3.01. The third-order valence-electron chi connectivity index (χ3n) is 4.22. The van der Waals surface area contributed by atoms with Crippen LogP contribution in [0.1, 0.15) is 76.8 Å². The van der Waals surface area contributed by atoms with Gasteiger partial charge in [-0.25, -0.2) is 4.98 Å². The highest BCUT2D eigenvalue weighted by atomic mass is 15.0. The summed E-state index contributed by atoms with van der Waals surface area (Å²) in [4.78, 5) is 4.24. The Hall–Kier alpha value is -1.30. The molecule has 0 amide bonds. The first-order valence-corrected chi connectivity index (χ1v) is 8.07. The Morgan fingerprint density at radius 1 is 1.20 bits per heavy atom. The Bertz CT molecular complexity index is 403. The highest BCUT2D eigenvalue weighted by molar-refractivity contribution is 5.10. The van der Waals surface area contributed by atoms with Crippen LogP contribution >= 0.6 is 0 Å². The zero-order chi connectivity index (χ0) is 14.8. The lowest BCUT2D eigenvalue weighted by atomic mass is 9.80. The maximum absolute atomic E-state index is 9.19. The van der Waals surface area contributed by atoms with Crippen LogP contribution in [0.15, 0.2) is 12.5 Å². The molecule has 2 atom stereocenters. The molecule has 1 rings (SSSR count). The molecular weight excluding hydrogens is 246 g/mol. The van der Waals surface area contributed by atoms with Gasteiger partial charge in [0.15, 0.2) is 0 Å². The Kier molecular flexibility index (Phi) is 8.02. The van der Waals surface area contributed by atoms with Gasteiger partial charge < -0.3 is 4.57 Å². The molecule has 0 saturated heterocycles. The van der Waals surface area contributed by atoms with E-state index in [1.807, 2.05) is 19.6 Å². The first-order chi connectivity index (χ1) is 9.74. The number of hydrogen-bond donors (Lipinski definition) is 0. The van der Waals surface area contributed by atoms with E-state index in [1.165, 1.54) is 50.6 Å². The Morgan fingerprint density at radius 3 is 2.45 bits per heavy atom. The third-order valence-corrected chi connectivity index (χ3v) is 4.22. The lowest BCUT2D eigenvalue weighted by molar-refractivity contribution is 0.340. The van der Waals surface area contributed by atoms with Gasteiger partial charge in [-0.2, -0.15) is 5.26 Å². The molecule has 0 radical (unpaired) electrons. The van der Waals surface area contributed by atoms with Crippen molar-refractivity contribution in [3.8, 4) is 6.07 Å². The number of hydrogen-bond acceptors (Lipinski definition) is 2. The van der Waals surface area contributed by atoms with E-state index in [0.717, 1.165) is 0 Å². The molecule has 1 heterocycles. The molecule has 20 heavy (non-hydrogen) atoms. The van der Waals surface area contributed by atoms with Gasteiger partial charge in [-0.3, -0.25) is 0 Å². The fourth-order valence-corrected chi connectivity index (χ4v) is 3.01. The van der Waals surface area contributed by atoms with Crippen molar-refractivity contribution in [2.75, 3.05) is 0 Å². The van der Waals surface area contributed by atoms with E-state index in [2.05, 4.69) is 29.5 Å². The normalized spacial score (nSPS) is 13.9. The molecule has 2 unspecified atom stereocenters. The van der Waals surface area contributed by atoms with E-state index in [1.54, 1.807) is 0 Å². The summed E-state index contributed by atoms with van der Waals surface area (Å²) in [5, 5.41) is 9.19. The Labute approximate surface area is 124 Å². The van der Waals surface area contributed by atoms with Gasteiger partial charge >= 0.3 is 0 Å². The van der Waals surface area contributed by atoms with Gasteiger partial charge in [0.2, 0.25) is 0 Å². The van der Waals surface area contributed by atoms with Crippen molar-refractivity contribution in [3.63, 3.8) is 0 Å². The van der Waals surface area contributed by atoms with Crippen LogP contribution in [0.3, 0.4) is 0 Å². The lowest BCUT2D eigenvalue weighted by Gasteiger charge is -2.26. The summed E-state index contributed by atoms with van der Waals surface area (Å²) < 4.78 is 2.08. The van der Waals surface area contributed by atoms with E-state index < -0.39 is 0 Å². The molecule has 0 bridgehead atoms. The summed E-state index contributed by atoms with van der Waals surface area (Å²) in [5.41, 5.74) is 1.23. The van der Waals surface area contributed by atoms with Crippen LogP contribution in [0.2, 0.25) is 0 Å². The van der Waals surface area contributed by atoms with Crippen LogP contribution in [0.4, 0.5) is 0 Å². The second-order valence-corrected chi connectivity index (χ2v) is 5.80. The van der Waals surface area contributed by atoms with Crippen LogP contribution in [-0.2, 0) is 7.05 Å². The zero-order valence-electron chi connectivity index (χ0n) is 13.3. The topological polar surface area (TPSA) is 41.6 Å². The SMILES string of the molecule is CCCCCC(CCCC)C(CC#N)c1cncn1C. The molecule has 0 aromatic carbocycles. The Balaban J connectivity index is 2.80. The van der Waals surface area contributed by atoms with Gasteiger partial charge in [-0.15, -0.1) is 0 Å². The number of imidazole rings is 1. The summed E-state index contributed by atoms with van der Waals surface area (Å²) in [6.07, 6.45) is 13.2. The highest BCUT2D eigenvalue weighted by Gasteiger charge is 2.24. The van der Waals surface area contributed by atoms with Crippen molar-refractivity contribution in [1.82, 2.24) is 9.55 Å². The molecular formula is C17H29N3. The molecule has 3 heteroatoms. The van der Waals surface area contributed by atoms with Gasteiger partial charge in [0.25, 0.3) is 0 Å². The van der Waals surface area contributed by atoms with E-state index >= 15 is 0 Å². The van der Waals surface area contributed by atoms with Gasteiger partial charge in [-0.1, -0.05) is 46.0 Å². The minimum Gasteiger partial charge on any atom is -0.337 e. The molecule has 1 aromatic rings. The number of rotatable bonds is 10. The van der Waals surface area contributed by atoms with E-state index in [-0.39, 0.29) is 0 Å². The fraction of sp³-hybridized carbons (Fsp3) is 0.765. The van der Waals surface area contributed by atoms with Gasteiger partial charge in [0.1, 0.15) is 0 Å². The average molecular weight is 275 g/mol. The third kappa shape index (κ3) is 5.00. The predicted octanol–water partition coefficient (Wildman–Crippen LogP) is 4.80. The number of aromatic nitrogens is 2. The smallest absolute Gasteiger partial charge is 0.0945 e. The van der Waals surface area contributed by atoms with Crippen molar-refractivity contribution in [2.24, 2.45) is 13.0 Å².